The van der Waals surface area contributed by atoms with Gasteiger partial charge in [-0.1, -0.05) is 23.2 Å². The topological polar surface area (TPSA) is 98.7 Å². The van der Waals surface area contributed by atoms with Crippen molar-refractivity contribution in [1.29, 1.82) is 0 Å². The zero-order chi connectivity index (χ0) is 14.4. The number of carboxylic acids is 1. The van der Waals surface area contributed by atoms with Gasteiger partial charge in [0.15, 0.2) is 0 Å². The number of hydrogen-bond donors (Lipinski definition) is 4. The molecule has 4 N–H and O–H groups in total. The van der Waals surface area contributed by atoms with Crippen LogP contribution in [0.4, 0.5) is 10.5 Å². The maximum atomic E-state index is 11.6. The van der Waals surface area contributed by atoms with Gasteiger partial charge in [-0.2, -0.15) is 0 Å². The van der Waals surface area contributed by atoms with Crippen molar-refractivity contribution in [3.8, 4) is 0 Å². The van der Waals surface area contributed by atoms with Crippen molar-refractivity contribution >= 4 is 40.9 Å². The SMILES string of the molecule is O=C(Nc1cc(Cl)ccc1Cl)N[C@H](CCO)C(=O)O. The Labute approximate surface area is 119 Å². The van der Waals surface area contributed by atoms with Gasteiger partial charge in [0.25, 0.3) is 0 Å². The van der Waals surface area contributed by atoms with E-state index in [-0.39, 0.29) is 23.7 Å². The Bertz CT molecular complexity index is 482. The molecular formula is C11H12Cl2N2O4. The Morgan fingerprint density at radius 3 is 2.58 bits per heavy atom. The molecule has 0 fully saturated rings. The summed E-state index contributed by atoms with van der Waals surface area (Å²) >= 11 is 11.6. The van der Waals surface area contributed by atoms with E-state index in [4.69, 9.17) is 33.4 Å². The summed E-state index contributed by atoms with van der Waals surface area (Å²) < 4.78 is 0. The minimum Gasteiger partial charge on any atom is -0.480 e. The smallest absolute Gasteiger partial charge is 0.326 e. The molecule has 0 heterocycles. The first-order valence-electron chi connectivity index (χ1n) is 5.30. The van der Waals surface area contributed by atoms with Crippen LogP contribution in [-0.4, -0.2) is 34.9 Å². The van der Waals surface area contributed by atoms with Gasteiger partial charge in [-0.3, -0.25) is 0 Å². The number of halogens is 2. The number of aliphatic hydroxyl groups excluding tert-OH is 1. The van der Waals surface area contributed by atoms with Crippen LogP contribution >= 0.6 is 23.2 Å². The van der Waals surface area contributed by atoms with Crippen molar-refractivity contribution < 1.29 is 19.8 Å². The second-order valence-electron chi connectivity index (χ2n) is 3.63. The molecule has 1 aromatic rings. The zero-order valence-electron chi connectivity index (χ0n) is 9.69. The number of hydrogen-bond acceptors (Lipinski definition) is 3. The summed E-state index contributed by atoms with van der Waals surface area (Å²) in [7, 11) is 0. The van der Waals surface area contributed by atoms with Crippen LogP contribution in [0, 0.1) is 0 Å². The maximum Gasteiger partial charge on any atom is 0.326 e. The fraction of sp³-hybridized carbons (Fsp3) is 0.273. The molecule has 1 atom stereocenters. The molecule has 1 aromatic carbocycles. The molecule has 6 nitrogen and oxygen atoms in total. The number of aliphatic carboxylic acids is 1. The lowest BCUT2D eigenvalue weighted by atomic mass is 10.2. The highest BCUT2D eigenvalue weighted by Crippen LogP contribution is 2.25. The summed E-state index contributed by atoms with van der Waals surface area (Å²) in [5.41, 5.74) is 0.264. The van der Waals surface area contributed by atoms with Crippen LogP contribution in [0.25, 0.3) is 0 Å². The third kappa shape index (κ3) is 4.94. The number of anilines is 1. The number of nitrogens with one attached hydrogen (secondary N) is 2. The van der Waals surface area contributed by atoms with Crippen molar-refractivity contribution in [3.63, 3.8) is 0 Å². The molecule has 1 rings (SSSR count). The molecule has 0 radical (unpaired) electrons. The standard InChI is InChI=1S/C11H12Cl2N2O4/c12-6-1-2-7(13)9(5-6)15-11(19)14-8(3-4-16)10(17)18/h1-2,5,8,16H,3-4H2,(H,17,18)(H2,14,15,19)/t8-/m1/s1. The number of urea groups is 1. The maximum absolute atomic E-state index is 11.6. The van der Waals surface area contributed by atoms with Crippen molar-refractivity contribution in [2.45, 2.75) is 12.5 Å². The third-order valence-corrected chi connectivity index (χ3v) is 2.76. The number of carbonyl (C=O) groups is 2. The molecule has 0 aromatic heterocycles. The summed E-state index contributed by atoms with van der Waals surface area (Å²) in [6.07, 6.45) is -0.0912. The lowest BCUT2D eigenvalue weighted by Gasteiger charge is -2.14. The van der Waals surface area contributed by atoms with Crippen LogP contribution in [0.5, 0.6) is 0 Å². The van der Waals surface area contributed by atoms with Crippen LogP contribution in [0.15, 0.2) is 18.2 Å². The number of carbonyl (C=O) groups excluding carboxylic acids is 1. The van der Waals surface area contributed by atoms with E-state index in [9.17, 15) is 9.59 Å². The monoisotopic (exact) mass is 306 g/mol. The van der Waals surface area contributed by atoms with Gasteiger partial charge in [0.05, 0.1) is 10.7 Å². The fourth-order valence-electron chi connectivity index (χ4n) is 1.30. The Morgan fingerprint density at radius 2 is 2.00 bits per heavy atom. The molecule has 0 aliphatic heterocycles. The Kier molecular flexibility index (Phi) is 5.88. The van der Waals surface area contributed by atoms with E-state index in [2.05, 4.69) is 10.6 Å². The second kappa shape index (κ2) is 7.18. The van der Waals surface area contributed by atoms with Crippen LogP contribution < -0.4 is 10.6 Å². The average molecular weight is 307 g/mol. The van der Waals surface area contributed by atoms with Gasteiger partial charge in [-0.25, -0.2) is 9.59 Å². The van der Waals surface area contributed by atoms with Gasteiger partial charge in [0.2, 0.25) is 0 Å². The van der Waals surface area contributed by atoms with E-state index in [0.717, 1.165) is 0 Å². The normalized spacial score (nSPS) is 11.7. The Morgan fingerprint density at radius 1 is 1.32 bits per heavy atom. The van der Waals surface area contributed by atoms with Crippen LogP contribution in [0.3, 0.4) is 0 Å². The van der Waals surface area contributed by atoms with Crippen molar-refractivity contribution in [3.05, 3.63) is 28.2 Å². The summed E-state index contributed by atoms with van der Waals surface area (Å²) in [6, 6.07) is 2.57. The number of aliphatic hydroxyl groups is 1. The summed E-state index contributed by atoms with van der Waals surface area (Å²) in [6.45, 7) is -0.352. The molecule has 19 heavy (non-hydrogen) atoms. The van der Waals surface area contributed by atoms with E-state index >= 15 is 0 Å². The van der Waals surface area contributed by atoms with Crippen molar-refractivity contribution in [2.24, 2.45) is 0 Å². The van der Waals surface area contributed by atoms with Gasteiger partial charge in [0, 0.05) is 18.1 Å². The second-order valence-corrected chi connectivity index (χ2v) is 4.47. The highest BCUT2D eigenvalue weighted by molar-refractivity contribution is 6.35. The largest absolute Gasteiger partial charge is 0.480 e. The lowest BCUT2D eigenvalue weighted by Crippen LogP contribution is -2.43. The fourth-order valence-corrected chi connectivity index (χ4v) is 1.63. The first-order chi connectivity index (χ1) is 8.93. The molecule has 0 aliphatic rings. The molecule has 0 spiro atoms. The minimum atomic E-state index is -1.23. The first kappa shape index (κ1) is 15.6. The highest BCUT2D eigenvalue weighted by atomic mass is 35.5. The van der Waals surface area contributed by atoms with E-state index in [1.54, 1.807) is 6.07 Å². The molecule has 0 unspecified atom stereocenters. The zero-order valence-corrected chi connectivity index (χ0v) is 11.2. The molecule has 104 valence electrons. The quantitative estimate of drug-likeness (QED) is 0.668. The number of amides is 2. The van der Waals surface area contributed by atoms with Gasteiger partial charge in [-0.05, 0) is 18.2 Å². The predicted molar refractivity (Wildman–Crippen MR) is 71.7 cm³/mol. The molecule has 0 saturated heterocycles. The number of rotatable bonds is 5. The van der Waals surface area contributed by atoms with Crippen LogP contribution in [0.1, 0.15) is 6.42 Å². The summed E-state index contributed by atoms with van der Waals surface area (Å²) in [5, 5.41) is 22.7. The Hall–Kier alpha value is -1.50. The molecular weight excluding hydrogens is 295 g/mol. The molecule has 2 amide bonds. The number of carboxylic acid groups (broad SMARTS) is 1. The van der Waals surface area contributed by atoms with Crippen molar-refractivity contribution in [1.82, 2.24) is 5.32 Å². The van der Waals surface area contributed by atoms with Crippen molar-refractivity contribution in [2.75, 3.05) is 11.9 Å². The minimum absolute atomic E-state index is 0.0912. The third-order valence-electron chi connectivity index (χ3n) is 2.20. The van der Waals surface area contributed by atoms with E-state index in [1.165, 1.54) is 12.1 Å². The van der Waals surface area contributed by atoms with Crippen LogP contribution in [0.2, 0.25) is 10.0 Å². The van der Waals surface area contributed by atoms with E-state index in [1.807, 2.05) is 0 Å². The van der Waals surface area contributed by atoms with Gasteiger partial charge < -0.3 is 20.8 Å². The van der Waals surface area contributed by atoms with E-state index in [0.29, 0.717) is 5.02 Å². The van der Waals surface area contributed by atoms with E-state index < -0.39 is 18.0 Å². The first-order valence-corrected chi connectivity index (χ1v) is 6.06. The van der Waals surface area contributed by atoms with Gasteiger partial charge in [0.1, 0.15) is 6.04 Å². The molecule has 0 saturated carbocycles. The molecule has 0 bridgehead atoms. The van der Waals surface area contributed by atoms with Gasteiger partial charge >= 0.3 is 12.0 Å². The summed E-state index contributed by atoms with van der Waals surface area (Å²) in [4.78, 5) is 22.4. The number of benzene rings is 1. The molecule has 8 heteroatoms. The Balaban J connectivity index is 2.68. The highest BCUT2D eigenvalue weighted by Gasteiger charge is 2.19. The lowest BCUT2D eigenvalue weighted by molar-refractivity contribution is -0.139. The predicted octanol–water partition coefficient (Wildman–Crippen LogP) is 1.95. The molecule has 0 aliphatic carbocycles. The van der Waals surface area contributed by atoms with Gasteiger partial charge in [-0.15, -0.1) is 0 Å². The van der Waals surface area contributed by atoms with Crippen LogP contribution in [-0.2, 0) is 4.79 Å². The average Bonchev–Trinajstić information content (AvgIpc) is 2.33. The summed E-state index contributed by atoms with van der Waals surface area (Å²) in [5.74, 6) is -1.23.